The van der Waals surface area contributed by atoms with E-state index in [0.29, 0.717) is 17.0 Å². The maximum absolute atomic E-state index is 12.5. The summed E-state index contributed by atoms with van der Waals surface area (Å²) in [4.78, 5) is 24.6. The Morgan fingerprint density at radius 2 is 1.90 bits per heavy atom. The summed E-state index contributed by atoms with van der Waals surface area (Å²) in [6.07, 6.45) is 0.958. The molecule has 0 spiro atoms. The van der Waals surface area contributed by atoms with Gasteiger partial charge in [0.1, 0.15) is 12.4 Å². The Hall–Kier alpha value is -3.58. The van der Waals surface area contributed by atoms with Gasteiger partial charge in [-0.15, -0.1) is 0 Å². The van der Waals surface area contributed by atoms with E-state index in [1.54, 1.807) is 19.9 Å². The number of benzene rings is 2. The molecule has 0 atom stereocenters. The number of hydrazone groups is 1. The summed E-state index contributed by atoms with van der Waals surface area (Å²) < 4.78 is 6.84. The van der Waals surface area contributed by atoms with Gasteiger partial charge in [0.25, 0.3) is 5.91 Å². The van der Waals surface area contributed by atoms with E-state index in [-0.39, 0.29) is 22.9 Å². The van der Waals surface area contributed by atoms with E-state index in [2.05, 4.69) is 10.5 Å². The molecule has 0 saturated carbocycles. The number of aromatic hydroxyl groups is 1. The molecule has 0 unspecified atom stereocenters. The molecule has 8 heteroatoms. The van der Waals surface area contributed by atoms with Gasteiger partial charge in [0.15, 0.2) is 0 Å². The SMILES string of the molecule is Cc1cc(/C=N/NC(=O)c2ccc(O)c(Cl)c2)c(C)n1C(=O)OCc1ccccc1. The van der Waals surface area contributed by atoms with Crippen LogP contribution in [0.3, 0.4) is 0 Å². The number of carbonyl (C=O) groups excluding carboxylic acids is 2. The van der Waals surface area contributed by atoms with Crippen LogP contribution in [0.2, 0.25) is 5.02 Å². The highest BCUT2D eigenvalue weighted by Gasteiger charge is 2.15. The summed E-state index contributed by atoms with van der Waals surface area (Å²) in [5.74, 6) is -0.590. The zero-order valence-corrected chi connectivity index (χ0v) is 17.2. The Labute approximate surface area is 178 Å². The quantitative estimate of drug-likeness (QED) is 0.467. The second-order valence-corrected chi connectivity index (χ2v) is 6.97. The predicted octanol–water partition coefficient (Wildman–Crippen LogP) is 4.41. The first-order valence-electron chi connectivity index (χ1n) is 9.08. The van der Waals surface area contributed by atoms with E-state index < -0.39 is 12.0 Å². The number of rotatable bonds is 5. The van der Waals surface area contributed by atoms with Crippen LogP contribution in [0.1, 0.15) is 32.9 Å². The molecule has 1 amide bonds. The lowest BCUT2D eigenvalue weighted by Gasteiger charge is -2.09. The summed E-state index contributed by atoms with van der Waals surface area (Å²) in [6.45, 7) is 3.72. The summed E-state index contributed by atoms with van der Waals surface area (Å²) in [6, 6.07) is 15.3. The van der Waals surface area contributed by atoms with Gasteiger partial charge in [0.05, 0.1) is 11.2 Å². The van der Waals surface area contributed by atoms with Gasteiger partial charge in [-0.1, -0.05) is 41.9 Å². The van der Waals surface area contributed by atoms with Gasteiger partial charge in [-0.05, 0) is 43.7 Å². The highest BCUT2D eigenvalue weighted by atomic mass is 35.5. The number of nitrogens with zero attached hydrogens (tertiary/aromatic N) is 2. The van der Waals surface area contributed by atoms with E-state index in [1.807, 2.05) is 30.3 Å². The topological polar surface area (TPSA) is 92.9 Å². The van der Waals surface area contributed by atoms with Crippen molar-refractivity contribution in [2.75, 3.05) is 0 Å². The summed E-state index contributed by atoms with van der Waals surface area (Å²) in [7, 11) is 0. The summed E-state index contributed by atoms with van der Waals surface area (Å²) in [5.41, 5.74) is 5.52. The van der Waals surface area contributed by atoms with Gasteiger partial charge in [0.2, 0.25) is 0 Å². The highest BCUT2D eigenvalue weighted by molar-refractivity contribution is 6.32. The largest absolute Gasteiger partial charge is 0.506 e. The van der Waals surface area contributed by atoms with Crippen molar-refractivity contribution >= 4 is 29.8 Å². The Morgan fingerprint density at radius 3 is 2.60 bits per heavy atom. The molecule has 0 aliphatic carbocycles. The maximum atomic E-state index is 12.5. The fourth-order valence-electron chi connectivity index (χ4n) is 2.86. The molecule has 0 aliphatic rings. The number of aryl methyl sites for hydroxylation is 1. The molecule has 2 aromatic carbocycles. The number of nitrogens with one attached hydrogen (secondary N) is 1. The van der Waals surface area contributed by atoms with E-state index in [9.17, 15) is 14.7 Å². The van der Waals surface area contributed by atoms with Gasteiger partial charge in [-0.3, -0.25) is 9.36 Å². The molecule has 0 radical (unpaired) electrons. The Balaban J connectivity index is 1.66. The van der Waals surface area contributed by atoms with Crippen molar-refractivity contribution in [2.45, 2.75) is 20.5 Å². The van der Waals surface area contributed by atoms with Crippen molar-refractivity contribution < 1.29 is 19.4 Å². The minimum atomic E-state index is -0.490. The Morgan fingerprint density at radius 1 is 1.17 bits per heavy atom. The molecule has 3 rings (SSSR count). The van der Waals surface area contributed by atoms with Crippen LogP contribution in [-0.4, -0.2) is 27.9 Å². The molecular weight excluding hydrogens is 406 g/mol. The lowest BCUT2D eigenvalue weighted by molar-refractivity contribution is 0.0955. The number of amides is 1. The number of hydrogen-bond donors (Lipinski definition) is 2. The number of aromatic nitrogens is 1. The standard InChI is InChI=1S/C22H20ClN3O4/c1-14-10-18(12-24-25-21(28)17-8-9-20(27)19(23)11-17)15(2)26(14)22(29)30-13-16-6-4-3-5-7-16/h3-12,27H,13H2,1-2H3,(H,25,28)/b24-12+. The highest BCUT2D eigenvalue weighted by Crippen LogP contribution is 2.23. The number of phenolic OH excluding ortho intramolecular Hbond substituents is 1. The average molecular weight is 426 g/mol. The molecule has 0 saturated heterocycles. The lowest BCUT2D eigenvalue weighted by atomic mass is 10.2. The van der Waals surface area contributed by atoms with Crippen LogP contribution < -0.4 is 5.43 Å². The number of ether oxygens (including phenoxy) is 1. The molecule has 154 valence electrons. The second-order valence-electron chi connectivity index (χ2n) is 6.57. The lowest BCUT2D eigenvalue weighted by Crippen LogP contribution is -2.18. The zero-order chi connectivity index (χ0) is 21.7. The number of carbonyl (C=O) groups is 2. The van der Waals surface area contributed by atoms with Crippen LogP contribution in [0.4, 0.5) is 4.79 Å². The van der Waals surface area contributed by atoms with Gasteiger partial charge >= 0.3 is 6.09 Å². The fourth-order valence-corrected chi connectivity index (χ4v) is 3.04. The normalized spacial score (nSPS) is 10.9. The van der Waals surface area contributed by atoms with E-state index in [4.69, 9.17) is 16.3 Å². The number of phenols is 1. The number of halogens is 1. The van der Waals surface area contributed by atoms with Crippen molar-refractivity contribution in [3.8, 4) is 5.75 Å². The summed E-state index contributed by atoms with van der Waals surface area (Å²) in [5, 5.41) is 13.4. The van der Waals surface area contributed by atoms with E-state index in [1.165, 1.54) is 29.0 Å². The van der Waals surface area contributed by atoms with Crippen LogP contribution >= 0.6 is 11.6 Å². The molecular formula is C22H20ClN3O4. The van der Waals surface area contributed by atoms with Crippen LogP contribution in [0.15, 0.2) is 59.7 Å². The Bertz CT molecular complexity index is 1110. The smallest absolute Gasteiger partial charge is 0.418 e. The fraction of sp³-hybridized carbons (Fsp3) is 0.136. The molecule has 3 aromatic rings. The van der Waals surface area contributed by atoms with E-state index in [0.717, 1.165) is 5.56 Å². The molecule has 0 bridgehead atoms. The molecule has 1 aromatic heterocycles. The minimum absolute atomic E-state index is 0.0733. The average Bonchev–Trinajstić information content (AvgIpc) is 3.02. The molecule has 2 N–H and O–H groups in total. The van der Waals surface area contributed by atoms with Crippen LogP contribution in [0.5, 0.6) is 5.75 Å². The van der Waals surface area contributed by atoms with E-state index >= 15 is 0 Å². The molecule has 0 aliphatic heterocycles. The van der Waals surface area contributed by atoms with Gasteiger partial charge in [0, 0.05) is 22.5 Å². The molecule has 0 fully saturated rings. The molecule has 1 heterocycles. The maximum Gasteiger partial charge on any atom is 0.418 e. The zero-order valence-electron chi connectivity index (χ0n) is 16.4. The third-order valence-corrected chi connectivity index (χ3v) is 4.74. The van der Waals surface area contributed by atoms with Crippen molar-refractivity contribution in [2.24, 2.45) is 5.10 Å². The van der Waals surface area contributed by atoms with Gasteiger partial charge in [-0.2, -0.15) is 5.10 Å². The van der Waals surface area contributed by atoms with Crippen LogP contribution in [-0.2, 0) is 11.3 Å². The first kappa shape index (κ1) is 21.1. The van der Waals surface area contributed by atoms with Crippen molar-refractivity contribution in [3.05, 3.63) is 87.7 Å². The monoisotopic (exact) mass is 425 g/mol. The first-order chi connectivity index (χ1) is 14.4. The van der Waals surface area contributed by atoms with Crippen molar-refractivity contribution in [1.29, 1.82) is 0 Å². The van der Waals surface area contributed by atoms with Gasteiger partial charge < -0.3 is 9.84 Å². The second kappa shape index (κ2) is 9.28. The predicted molar refractivity (Wildman–Crippen MR) is 114 cm³/mol. The number of hydrogen-bond acceptors (Lipinski definition) is 5. The van der Waals surface area contributed by atoms with Crippen LogP contribution in [0, 0.1) is 13.8 Å². The first-order valence-corrected chi connectivity index (χ1v) is 9.46. The van der Waals surface area contributed by atoms with Gasteiger partial charge in [-0.25, -0.2) is 10.2 Å². The summed E-state index contributed by atoms with van der Waals surface area (Å²) >= 11 is 5.81. The van der Waals surface area contributed by atoms with Crippen molar-refractivity contribution in [1.82, 2.24) is 9.99 Å². The third kappa shape index (κ3) is 4.87. The molecule has 7 nitrogen and oxygen atoms in total. The molecule has 30 heavy (non-hydrogen) atoms. The van der Waals surface area contributed by atoms with Crippen LogP contribution in [0.25, 0.3) is 0 Å². The Kier molecular flexibility index (Phi) is 6.54. The third-order valence-electron chi connectivity index (χ3n) is 4.44. The van der Waals surface area contributed by atoms with Crippen molar-refractivity contribution in [3.63, 3.8) is 0 Å². The minimum Gasteiger partial charge on any atom is -0.506 e.